The minimum atomic E-state index is 0.668. The zero-order valence-electron chi connectivity index (χ0n) is 14.0. The van der Waals surface area contributed by atoms with Gasteiger partial charge in [0.25, 0.3) is 5.65 Å². The van der Waals surface area contributed by atoms with Crippen LogP contribution < -0.4 is 4.57 Å². The van der Waals surface area contributed by atoms with Gasteiger partial charge in [-0.2, -0.15) is 4.57 Å². The molecule has 0 aliphatic carbocycles. The molecule has 6 aromatic rings. The highest BCUT2D eigenvalue weighted by molar-refractivity contribution is 5.61. The third kappa shape index (κ3) is 2.18. The molecule has 128 valence electrons. The van der Waals surface area contributed by atoms with Gasteiger partial charge in [-0.3, -0.25) is 13.2 Å². The summed E-state index contributed by atoms with van der Waals surface area (Å²) in [6, 6.07) is 1.87. The average molecular weight is 354 g/mol. The summed E-state index contributed by atoms with van der Waals surface area (Å²) in [5.41, 5.74) is 3.43. The van der Waals surface area contributed by atoms with Crippen molar-refractivity contribution in [1.82, 2.24) is 38.1 Å². The second-order valence-electron chi connectivity index (χ2n) is 6.15. The maximum Gasteiger partial charge on any atom is 0.347 e. The van der Waals surface area contributed by atoms with Gasteiger partial charge in [-0.15, -0.1) is 0 Å². The van der Waals surface area contributed by atoms with E-state index in [9.17, 15) is 0 Å². The Morgan fingerprint density at radius 2 is 1.85 bits per heavy atom. The molecule has 0 unspecified atom stereocenters. The maximum absolute atomic E-state index is 4.74. The minimum Gasteiger partial charge on any atom is -0.300 e. The Bertz CT molecular complexity index is 1410. The molecule has 0 atom stereocenters. The van der Waals surface area contributed by atoms with Crippen LogP contribution in [0.1, 0.15) is 0 Å². The number of fused-ring (bicyclic) bond motifs is 3. The van der Waals surface area contributed by atoms with E-state index in [4.69, 9.17) is 4.98 Å². The van der Waals surface area contributed by atoms with Crippen LogP contribution in [-0.4, -0.2) is 38.1 Å². The van der Waals surface area contributed by atoms with Gasteiger partial charge in [-0.1, -0.05) is 0 Å². The first kappa shape index (κ1) is 14.1. The van der Waals surface area contributed by atoms with E-state index in [0.717, 1.165) is 28.4 Å². The van der Waals surface area contributed by atoms with E-state index >= 15 is 0 Å². The molecule has 0 N–H and O–H groups in total. The molecule has 6 aromatic heterocycles. The van der Waals surface area contributed by atoms with Crippen LogP contribution in [0, 0.1) is 0 Å². The Hall–Kier alpha value is -4.14. The molecule has 0 aromatic carbocycles. The van der Waals surface area contributed by atoms with Crippen molar-refractivity contribution < 1.29 is 4.57 Å². The first-order valence-corrected chi connectivity index (χ1v) is 8.32. The van der Waals surface area contributed by atoms with Gasteiger partial charge in [0, 0.05) is 48.8 Å². The van der Waals surface area contributed by atoms with E-state index in [2.05, 4.69) is 19.9 Å². The molecule has 0 aliphatic rings. The fourth-order valence-electron chi connectivity index (χ4n) is 3.12. The number of aromatic nitrogens is 9. The number of rotatable bonds is 2. The highest BCUT2D eigenvalue weighted by Crippen LogP contribution is 2.18. The number of imidazole rings is 3. The minimum absolute atomic E-state index is 0.668. The average Bonchev–Trinajstić information content (AvgIpc) is 3.42. The van der Waals surface area contributed by atoms with Crippen LogP contribution in [0.15, 0.2) is 74.4 Å². The second kappa shape index (κ2) is 5.18. The molecule has 0 spiro atoms. The van der Waals surface area contributed by atoms with E-state index in [-0.39, 0.29) is 0 Å². The van der Waals surface area contributed by atoms with E-state index in [1.54, 1.807) is 24.9 Å². The lowest BCUT2D eigenvalue weighted by Crippen LogP contribution is -2.30. The van der Waals surface area contributed by atoms with Crippen LogP contribution in [0.5, 0.6) is 0 Å². The molecule has 0 bridgehead atoms. The lowest BCUT2D eigenvalue weighted by atomic mass is 10.3. The van der Waals surface area contributed by atoms with Crippen LogP contribution in [0.25, 0.3) is 34.1 Å². The van der Waals surface area contributed by atoms with Gasteiger partial charge in [0.1, 0.15) is 24.9 Å². The zero-order valence-corrected chi connectivity index (χ0v) is 14.0. The Morgan fingerprint density at radius 3 is 2.81 bits per heavy atom. The zero-order chi connectivity index (χ0) is 17.8. The summed E-state index contributed by atoms with van der Waals surface area (Å²) in [4.78, 5) is 22.0. The first-order valence-electron chi connectivity index (χ1n) is 8.32. The number of nitrogens with zero attached hydrogens (tertiary/aromatic N) is 9. The Labute approximate surface area is 151 Å². The molecule has 9 nitrogen and oxygen atoms in total. The molecule has 0 amide bonds. The molecule has 0 fully saturated rings. The molecule has 6 heterocycles. The highest BCUT2D eigenvalue weighted by Gasteiger charge is 2.15. The Kier molecular flexibility index (Phi) is 2.70. The largest absolute Gasteiger partial charge is 0.347 e. The molecule has 0 saturated carbocycles. The van der Waals surface area contributed by atoms with Crippen molar-refractivity contribution in [3.8, 4) is 17.1 Å². The van der Waals surface area contributed by atoms with Crippen molar-refractivity contribution in [2.45, 2.75) is 0 Å². The summed E-state index contributed by atoms with van der Waals surface area (Å²) in [5, 5.41) is 0. The number of hydrogen-bond acceptors (Lipinski definition) is 5. The third-order valence-corrected chi connectivity index (χ3v) is 4.46. The summed E-state index contributed by atoms with van der Waals surface area (Å²) in [6.07, 6.45) is 20.6. The van der Waals surface area contributed by atoms with Crippen molar-refractivity contribution in [1.29, 1.82) is 0 Å². The van der Waals surface area contributed by atoms with Crippen molar-refractivity contribution in [2.24, 2.45) is 0 Å². The molecule has 9 heteroatoms. The first-order chi connectivity index (χ1) is 13.3. The molecule has 0 radical (unpaired) electrons. The molecule has 0 saturated heterocycles. The molecular weight excluding hydrogens is 342 g/mol. The van der Waals surface area contributed by atoms with Gasteiger partial charge in [-0.25, -0.2) is 19.9 Å². The summed E-state index contributed by atoms with van der Waals surface area (Å²) < 4.78 is 7.68. The van der Waals surface area contributed by atoms with Gasteiger partial charge in [-0.05, 0) is 4.98 Å². The van der Waals surface area contributed by atoms with Gasteiger partial charge in [0.05, 0.1) is 11.9 Å². The predicted octanol–water partition coefficient (Wildman–Crippen LogP) is 1.36. The third-order valence-electron chi connectivity index (χ3n) is 4.46. The summed E-state index contributed by atoms with van der Waals surface area (Å²) in [7, 11) is 0. The summed E-state index contributed by atoms with van der Waals surface area (Å²) >= 11 is 0. The smallest absolute Gasteiger partial charge is 0.300 e. The van der Waals surface area contributed by atoms with Crippen molar-refractivity contribution in [3.63, 3.8) is 0 Å². The fourth-order valence-corrected chi connectivity index (χ4v) is 3.12. The Morgan fingerprint density at radius 1 is 0.852 bits per heavy atom. The summed E-state index contributed by atoms with van der Waals surface area (Å²) in [6.45, 7) is 0. The summed E-state index contributed by atoms with van der Waals surface area (Å²) in [5.74, 6) is 1.47. The van der Waals surface area contributed by atoms with Crippen molar-refractivity contribution in [3.05, 3.63) is 74.4 Å². The topological polar surface area (TPSA) is 81.6 Å². The van der Waals surface area contributed by atoms with E-state index < -0.39 is 0 Å². The van der Waals surface area contributed by atoms with Crippen LogP contribution in [0.3, 0.4) is 0 Å². The lowest BCUT2D eigenvalue weighted by Gasteiger charge is -1.96. The van der Waals surface area contributed by atoms with Crippen molar-refractivity contribution >= 4 is 17.1 Å². The number of hydrogen-bond donors (Lipinski definition) is 0. The van der Waals surface area contributed by atoms with Crippen LogP contribution >= 0.6 is 0 Å². The highest BCUT2D eigenvalue weighted by atomic mass is 15.2. The normalized spacial score (nSPS) is 11.7. The van der Waals surface area contributed by atoms with E-state index in [1.165, 1.54) is 0 Å². The maximum atomic E-state index is 4.74. The lowest BCUT2D eigenvalue weighted by molar-refractivity contribution is -0.598. The quantitative estimate of drug-likeness (QED) is 0.439. The molecule has 0 aliphatic heterocycles. The van der Waals surface area contributed by atoms with E-state index in [1.807, 2.05) is 67.2 Å². The van der Waals surface area contributed by atoms with Gasteiger partial charge in [0.2, 0.25) is 5.78 Å². The van der Waals surface area contributed by atoms with Crippen LogP contribution in [0.4, 0.5) is 0 Å². The van der Waals surface area contributed by atoms with Gasteiger partial charge in [0.15, 0.2) is 5.65 Å². The van der Waals surface area contributed by atoms with Gasteiger partial charge >= 0.3 is 5.82 Å². The van der Waals surface area contributed by atoms with Gasteiger partial charge < -0.3 is 0 Å². The standard InChI is InChI=1S/C18H12N9/c1-2-19-12-27-11-17(23-15(1)27)25-6-5-24-9-14(22-16(24)10-25)13-7-21-18-20-3-4-26(18)8-13/h1-12H/q+1. The SMILES string of the molecule is c1cc2nc(-[n+]3ccn4cc(-c5cnc6nccn6c5)nc4c3)cn2cn1. The Balaban J connectivity index is 1.46. The molecular formula is C18H12N9+. The predicted molar refractivity (Wildman–Crippen MR) is 95.2 cm³/mol. The molecule has 6 rings (SSSR count). The van der Waals surface area contributed by atoms with Crippen molar-refractivity contribution in [2.75, 3.05) is 0 Å². The fraction of sp³-hybridized carbons (Fsp3) is 0. The van der Waals surface area contributed by atoms with Crippen LogP contribution in [0.2, 0.25) is 0 Å². The second-order valence-corrected chi connectivity index (χ2v) is 6.15. The molecule has 27 heavy (non-hydrogen) atoms. The van der Waals surface area contributed by atoms with E-state index in [0.29, 0.717) is 5.78 Å². The van der Waals surface area contributed by atoms with Crippen LogP contribution in [-0.2, 0) is 0 Å². The monoisotopic (exact) mass is 354 g/mol.